The molecule has 2 aliphatic heterocycles. The van der Waals surface area contributed by atoms with Crippen LogP contribution in [0.15, 0.2) is 0 Å². The van der Waals surface area contributed by atoms with E-state index in [0.29, 0.717) is 12.1 Å². The summed E-state index contributed by atoms with van der Waals surface area (Å²) in [5.41, 5.74) is 0. The van der Waals surface area contributed by atoms with E-state index in [9.17, 15) is 4.79 Å². The number of rotatable bonds is 3. The highest BCUT2D eigenvalue weighted by Gasteiger charge is 2.26. The molecule has 3 N–H and O–H groups in total. The second kappa shape index (κ2) is 6.50. The lowest BCUT2D eigenvalue weighted by Crippen LogP contribution is -2.61. The van der Waals surface area contributed by atoms with Gasteiger partial charge in [0.25, 0.3) is 0 Å². The number of carbonyl (C=O) groups is 1. The van der Waals surface area contributed by atoms with Gasteiger partial charge in [-0.05, 0) is 32.9 Å². The van der Waals surface area contributed by atoms with Gasteiger partial charge in [-0.3, -0.25) is 4.79 Å². The number of nitrogens with zero attached hydrogens (tertiary/aromatic N) is 1. The molecule has 0 aromatic heterocycles. The zero-order chi connectivity index (χ0) is 13.0. The summed E-state index contributed by atoms with van der Waals surface area (Å²) in [4.78, 5) is 14.5. The normalized spacial score (nSPS) is 34.2. The van der Waals surface area contributed by atoms with E-state index < -0.39 is 0 Å². The maximum absolute atomic E-state index is 12.1. The van der Waals surface area contributed by atoms with Crippen molar-refractivity contribution in [3.8, 4) is 0 Å². The molecule has 0 radical (unpaired) electrons. The molecule has 5 heteroatoms. The van der Waals surface area contributed by atoms with Crippen molar-refractivity contribution in [1.29, 1.82) is 0 Å². The minimum Gasteiger partial charge on any atom is -0.351 e. The molecule has 5 nitrogen and oxygen atoms in total. The van der Waals surface area contributed by atoms with Gasteiger partial charge in [-0.2, -0.15) is 0 Å². The van der Waals surface area contributed by atoms with Gasteiger partial charge in [0.2, 0.25) is 5.91 Å². The van der Waals surface area contributed by atoms with E-state index in [2.05, 4.69) is 34.7 Å². The van der Waals surface area contributed by atoms with E-state index in [1.54, 1.807) is 0 Å². The average Bonchev–Trinajstić information content (AvgIpc) is 2.39. The number of carbonyl (C=O) groups excluding carboxylic acids is 1. The largest absolute Gasteiger partial charge is 0.351 e. The zero-order valence-electron chi connectivity index (χ0n) is 11.5. The summed E-state index contributed by atoms with van der Waals surface area (Å²) in [7, 11) is 0. The summed E-state index contributed by atoms with van der Waals surface area (Å²) in [6, 6.07) is 0.713. The Labute approximate surface area is 110 Å². The van der Waals surface area contributed by atoms with Crippen molar-refractivity contribution in [3.05, 3.63) is 0 Å². The Kier molecular flexibility index (Phi) is 4.97. The van der Waals surface area contributed by atoms with Crippen molar-refractivity contribution in [2.75, 3.05) is 32.7 Å². The molecule has 2 aliphatic rings. The van der Waals surface area contributed by atoms with Gasteiger partial charge in [-0.15, -0.1) is 0 Å². The van der Waals surface area contributed by atoms with Crippen molar-refractivity contribution < 1.29 is 4.79 Å². The minimum atomic E-state index is -0.0711. The van der Waals surface area contributed by atoms with E-state index in [-0.39, 0.29) is 11.9 Å². The Morgan fingerprint density at radius 1 is 1.39 bits per heavy atom. The summed E-state index contributed by atoms with van der Waals surface area (Å²) in [5, 5.41) is 9.82. The van der Waals surface area contributed by atoms with E-state index in [1.807, 2.05) is 0 Å². The Hall–Kier alpha value is -0.650. The summed E-state index contributed by atoms with van der Waals surface area (Å²) in [5.74, 6) is 0.150. The molecular weight excluding hydrogens is 228 g/mol. The summed E-state index contributed by atoms with van der Waals surface area (Å²) in [6.07, 6.45) is 2.30. The topological polar surface area (TPSA) is 56.4 Å². The third-order valence-corrected chi connectivity index (χ3v) is 3.96. The molecule has 2 rings (SSSR count). The van der Waals surface area contributed by atoms with Crippen LogP contribution in [0.3, 0.4) is 0 Å². The highest BCUT2D eigenvalue weighted by molar-refractivity contribution is 5.82. The second-order valence-electron chi connectivity index (χ2n) is 5.51. The molecule has 0 aromatic rings. The molecule has 0 saturated carbocycles. The summed E-state index contributed by atoms with van der Waals surface area (Å²) < 4.78 is 0. The van der Waals surface area contributed by atoms with Gasteiger partial charge >= 0.3 is 0 Å². The van der Waals surface area contributed by atoms with Crippen molar-refractivity contribution in [3.63, 3.8) is 0 Å². The van der Waals surface area contributed by atoms with E-state index in [1.165, 1.54) is 13.0 Å². The smallest absolute Gasteiger partial charge is 0.238 e. The number of piperidine rings is 1. The van der Waals surface area contributed by atoms with Gasteiger partial charge in [-0.1, -0.05) is 6.92 Å². The predicted molar refractivity (Wildman–Crippen MR) is 72.5 cm³/mol. The molecule has 1 amide bonds. The van der Waals surface area contributed by atoms with Crippen LogP contribution < -0.4 is 16.0 Å². The molecule has 3 unspecified atom stereocenters. The van der Waals surface area contributed by atoms with Gasteiger partial charge < -0.3 is 20.9 Å². The van der Waals surface area contributed by atoms with Crippen molar-refractivity contribution >= 4 is 5.91 Å². The molecular formula is C13H26N4O. The minimum absolute atomic E-state index is 0.0711. The van der Waals surface area contributed by atoms with Crippen molar-refractivity contribution in [1.82, 2.24) is 20.9 Å². The highest BCUT2D eigenvalue weighted by atomic mass is 16.2. The maximum Gasteiger partial charge on any atom is 0.238 e. The van der Waals surface area contributed by atoms with Crippen molar-refractivity contribution in [2.24, 2.45) is 0 Å². The van der Waals surface area contributed by atoms with E-state index in [4.69, 9.17) is 0 Å². The molecule has 0 bridgehead atoms. The molecule has 0 aliphatic carbocycles. The predicted octanol–water partition coefficient (Wildman–Crippen LogP) is -0.463. The Morgan fingerprint density at radius 2 is 2.22 bits per heavy atom. The molecule has 18 heavy (non-hydrogen) atoms. The quantitative estimate of drug-likeness (QED) is 0.638. The number of amides is 1. The lowest BCUT2D eigenvalue weighted by molar-refractivity contribution is -0.124. The molecule has 2 heterocycles. The van der Waals surface area contributed by atoms with Crippen molar-refractivity contribution in [2.45, 2.75) is 44.8 Å². The fraction of sp³-hybridized carbons (Fsp3) is 0.923. The fourth-order valence-electron chi connectivity index (χ4n) is 2.73. The molecule has 104 valence electrons. The molecule has 2 saturated heterocycles. The monoisotopic (exact) mass is 254 g/mol. The fourth-order valence-corrected chi connectivity index (χ4v) is 2.73. The second-order valence-corrected chi connectivity index (χ2v) is 5.51. The van der Waals surface area contributed by atoms with Gasteiger partial charge in [-0.25, -0.2) is 0 Å². The van der Waals surface area contributed by atoms with Crippen LogP contribution in [0.4, 0.5) is 0 Å². The third-order valence-electron chi connectivity index (χ3n) is 3.96. The number of piperazine rings is 1. The van der Waals surface area contributed by atoms with Crippen LogP contribution in [-0.2, 0) is 4.79 Å². The first kappa shape index (κ1) is 13.8. The number of nitrogens with one attached hydrogen (secondary N) is 3. The van der Waals surface area contributed by atoms with Crippen LogP contribution in [0.5, 0.6) is 0 Å². The Morgan fingerprint density at radius 3 is 2.89 bits per heavy atom. The number of likely N-dealkylation sites (tertiary alicyclic amines) is 1. The van der Waals surface area contributed by atoms with Gasteiger partial charge in [0, 0.05) is 31.7 Å². The van der Waals surface area contributed by atoms with Crippen LogP contribution >= 0.6 is 0 Å². The summed E-state index contributed by atoms with van der Waals surface area (Å²) in [6.45, 7) is 9.15. The lowest BCUT2D eigenvalue weighted by atomic mass is 10.0. The molecule has 0 aromatic carbocycles. The first-order valence-electron chi connectivity index (χ1n) is 7.18. The van der Waals surface area contributed by atoms with Crippen LogP contribution in [0, 0.1) is 0 Å². The first-order valence-corrected chi connectivity index (χ1v) is 7.18. The molecule has 0 spiro atoms. The van der Waals surface area contributed by atoms with Crippen LogP contribution in [-0.4, -0.2) is 61.7 Å². The maximum atomic E-state index is 12.1. The Bertz CT molecular complexity index is 276. The van der Waals surface area contributed by atoms with Gasteiger partial charge in [0.15, 0.2) is 0 Å². The van der Waals surface area contributed by atoms with Crippen LogP contribution in [0.2, 0.25) is 0 Å². The van der Waals surface area contributed by atoms with Crippen LogP contribution in [0.1, 0.15) is 26.7 Å². The number of hydrogen-bond donors (Lipinski definition) is 3. The summed E-state index contributed by atoms with van der Waals surface area (Å²) >= 11 is 0. The van der Waals surface area contributed by atoms with E-state index in [0.717, 1.165) is 32.6 Å². The average molecular weight is 254 g/mol. The highest BCUT2D eigenvalue weighted by Crippen LogP contribution is 2.09. The van der Waals surface area contributed by atoms with Gasteiger partial charge in [0.05, 0.1) is 6.04 Å². The number of likely N-dealkylation sites (N-methyl/N-ethyl adjacent to an activating group) is 1. The number of hydrogen-bond acceptors (Lipinski definition) is 4. The Balaban J connectivity index is 1.76. The lowest BCUT2D eigenvalue weighted by Gasteiger charge is -2.34. The third kappa shape index (κ3) is 3.67. The van der Waals surface area contributed by atoms with Crippen LogP contribution in [0.25, 0.3) is 0 Å². The first-order chi connectivity index (χ1) is 8.69. The molecule has 3 atom stereocenters. The standard InChI is InChI=1S/C13H26N4O/c1-3-17-6-4-5-11(9-17)16-13(18)12-8-14-10(2)7-15-12/h10-12,14-15H,3-9H2,1-2H3,(H,16,18). The molecule has 2 fully saturated rings. The van der Waals surface area contributed by atoms with E-state index >= 15 is 0 Å². The SMILES string of the molecule is CCN1CCCC(NC(=O)C2CNC(C)CN2)C1. The zero-order valence-corrected chi connectivity index (χ0v) is 11.5. The van der Waals surface area contributed by atoms with Gasteiger partial charge in [0.1, 0.15) is 0 Å².